The Bertz CT molecular complexity index is 928. The van der Waals surface area contributed by atoms with E-state index in [1.807, 2.05) is 30.3 Å². The van der Waals surface area contributed by atoms with Crippen molar-refractivity contribution in [3.8, 4) is 0 Å². The molecule has 1 aromatic heterocycles. The molecule has 0 radical (unpaired) electrons. The van der Waals surface area contributed by atoms with Crippen LogP contribution in [0, 0.1) is 0 Å². The maximum absolute atomic E-state index is 12.7. The predicted molar refractivity (Wildman–Crippen MR) is 109 cm³/mol. The van der Waals surface area contributed by atoms with Crippen LogP contribution >= 0.6 is 12.4 Å². The first-order valence-corrected chi connectivity index (χ1v) is 9.48. The molecular formula is C20H25ClN4O3. The fourth-order valence-corrected chi connectivity index (χ4v) is 4.19. The lowest BCUT2D eigenvalue weighted by Crippen LogP contribution is -2.50. The predicted octanol–water partition coefficient (Wildman–Crippen LogP) is 0.879. The number of hydrogen-bond acceptors (Lipinski definition) is 4. The number of hydrogen-bond donors (Lipinski definition) is 2. The van der Waals surface area contributed by atoms with Crippen LogP contribution < -0.4 is 21.9 Å². The zero-order chi connectivity index (χ0) is 18.8. The summed E-state index contributed by atoms with van der Waals surface area (Å²) in [5.41, 5.74) is 0.0381. The Morgan fingerprint density at radius 1 is 1.07 bits per heavy atom. The molecule has 2 aliphatic heterocycles. The van der Waals surface area contributed by atoms with Crippen molar-refractivity contribution in [3.63, 3.8) is 0 Å². The number of fused-ring (bicyclic) bond motifs is 2. The molecule has 2 N–H and O–H groups in total. The topological polar surface area (TPSA) is 85.1 Å². The quantitative estimate of drug-likeness (QED) is 0.774. The minimum Gasteiger partial charge on any atom is -0.352 e. The van der Waals surface area contributed by atoms with Crippen LogP contribution in [0.4, 0.5) is 0 Å². The van der Waals surface area contributed by atoms with Gasteiger partial charge in [0.25, 0.3) is 5.56 Å². The molecular weight excluding hydrogens is 380 g/mol. The molecule has 2 aliphatic rings. The SMILES string of the molecule is Cl.O=C(Cn1c(=O)ccn(Cc2ccccc2)c1=O)NC1CC2CCC(C1)N2. The second-order valence-corrected chi connectivity index (χ2v) is 7.51. The summed E-state index contributed by atoms with van der Waals surface area (Å²) in [7, 11) is 0. The maximum atomic E-state index is 12.7. The van der Waals surface area contributed by atoms with Gasteiger partial charge in [-0.15, -0.1) is 12.4 Å². The van der Waals surface area contributed by atoms with Gasteiger partial charge in [0.1, 0.15) is 6.54 Å². The Hall–Kier alpha value is -2.38. The van der Waals surface area contributed by atoms with Crippen molar-refractivity contribution in [2.24, 2.45) is 0 Å². The highest BCUT2D eigenvalue weighted by Crippen LogP contribution is 2.26. The molecule has 7 nitrogen and oxygen atoms in total. The van der Waals surface area contributed by atoms with E-state index in [0.29, 0.717) is 18.6 Å². The van der Waals surface area contributed by atoms with E-state index >= 15 is 0 Å². The Morgan fingerprint density at radius 2 is 1.75 bits per heavy atom. The van der Waals surface area contributed by atoms with Crippen molar-refractivity contribution in [3.05, 3.63) is 69.0 Å². The van der Waals surface area contributed by atoms with Crippen molar-refractivity contribution in [1.29, 1.82) is 0 Å². The molecule has 150 valence electrons. The summed E-state index contributed by atoms with van der Waals surface area (Å²) in [4.78, 5) is 37.3. The molecule has 2 saturated heterocycles. The molecule has 4 rings (SSSR count). The molecule has 0 aliphatic carbocycles. The number of carbonyl (C=O) groups is 1. The molecule has 28 heavy (non-hydrogen) atoms. The summed E-state index contributed by atoms with van der Waals surface area (Å²) >= 11 is 0. The van der Waals surface area contributed by atoms with Gasteiger partial charge in [-0.05, 0) is 31.2 Å². The smallest absolute Gasteiger partial charge is 0.331 e. The summed E-state index contributed by atoms with van der Waals surface area (Å²) in [5.74, 6) is -0.280. The van der Waals surface area contributed by atoms with E-state index in [4.69, 9.17) is 0 Å². The Labute approximate surface area is 169 Å². The fourth-order valence-electron chi connectivity index (χ4n) is 4.19. The van der Waals surface area contributed by atoms with Gasteiger partial charge in [-0.2, -0.15) is 0 Å². The van der Waals surface area contributed by atoms with E-state index in [1.165, 1.54) is 16.8 Å². The number of benzene rings is 1. The first kappa shape index (κ1) is 20.4. The van der Waals surface area contributed by atoms with Crippen LogP contribution in [0.5, 0.6) is 0 Å². The van der Waals surface area contributed by atoms with Gasteiger partial charge in [0.2, 0.25) is 5.91 Å². The number of nitrogens with zero attached hydrogens (tertiary/aromatic N) is 2. The summed E-state index contributed by atoms with van der Waals surface area (Å²) in [6, 6.07) is 11.9. The third kappa shape index (κ3) is 4.54. The van der Waals surface area contributed by atoms with Crippen LogP contribution in [0.3, 0.4) is 0 Å². The van der Waals surface area contributed by atoms with Crippen molar-refractivity contribution in [2.75, 3.05) is 0 Å². The number of rotatable bonds is 5. The highest BCUT2D eigenvalue weighted by molar-refractivity contribution is 5.85. The second-order valence-electron chi connectivity index (χ2n) is 7.51. The summed E-state index contributed by atoms with van der Waals surface area (Å²) in [6.45, 7) is 0.117. The van der Waals surface area contributed by atoms with Gasteiger partial charge in [-0.25, -0.2) is 4.79 Å². The molecule has 2 unspecified atom stereocenters. The third-order valence-corrected chi connectivity index (χ3v) is 5.48. The molecule has 0 spiro atoms. The maximum Gasteiger partial charge on any atom is 0.331 e. The van der Waals surface area contributed by atoms with Gasteiger partial charge >= 0.3 is 5.69 Å². The lowest BCUT2D eigenvalue weighted by Gasteiger charge is -2.29. The minimum atomic E-state index is -0.466. The van der Waals surface area contributed by atoms with E-state index in [0.717, 1.165) is 35.8 Å². The van der Waals surface area contributed by atoms with Gasteiger partial charge in [-0.1, -0.05) is 30.3 Å². The molecule has 2 bridgehead atoms. The monoisotopic (exact) mass is 404 g/mol. The molecule has 2 fully saturated rings. The van der Waals surface area contributed by atoms with Crippen molar-refractivity contribution in [1.82, 2.24) is 19.8 Å². The van der Waals surface area contributed by atoms with E-state index < -0.39 is 11.2 Å². The van der Waals surface area contributed by atoms with Crippen molar-refractivity contribution >= 4 is 18.3 Å². The zero-order valence-corrected chi connectivity index (χ0v) is 16.4. The fraction of sp³-hybridized carbons (Fsp3) is 0.450. The van der Waals surface area contributed by atoms with Gasteiger partial charge in [0, 0.05) is 30.4 Å². The van der Waals surface area contributed by atoms with E-state index in [-0.39, 0.29) is 30.9 Å². The van der Waals surface area contributed by atoms with Crippen LogP contribution in [-0.2, 0) is 17.9 Å². The Morgan fingerprint density at radius 3 is 2.43 bits per heavy atom. The minimum absolute atomic E-state index is 0. The Kier molecular flexibility index (Phi) is 6.36. The van der Waals surface area contributed by atoms with Gasteiger partial charge < -0.3 is 10.6 Å². The number of nitrogens with one attached hydrogen (secondary N) is 2. The highest BCUT2D eigenvalue weighted by atomic mass is 35.5. The van der Waals surface area contributed by atoms with E-state index in [9.17, 15) is 14.4 Å². The van der Waals surface area contributed by atoms with Crippen LogP contribution in [-0.4, -0.2) is 33.2 Å². The summed E-state index contributed by atoms with van der Waals surface area (Å²) in [5, 5.41) is 6.54. The summed E-state index contributed by atoms with van der Waals surface area (Å²) in [6.07, 6.45) is 5.60. The normalized spacial score (nSPS) is 23.1. The largest absolute Gasteiger partial charge is 0.352 e. The van der Waals surface area contributed by atoms with Gasteiger partial charge in [0.05, 0.1) is 6.54 Å². The standard InChI is InChI=1S/C20H24N4O3.ClH/c25-18(22-17-10-15-6-7-16(11-17)21-15)13-24-19(26)8-9-23(20(24)27)12-14-4-2-1-3-5-14;/h1-5,8-9,15-17,21H,6-7,10-13H2,(H,22,25);1H. The molecule has 3 heterocycles. The average molecular weight is 405 g/mol. The van der Waals surface area contributed by atoms with Crippen LogP contribution in [0.25, 0.3) is 0 Å². The second kappa shape index (κ2) is 8.75. The third-order valence-electron chi connectivity index (χ3n) is 5.48. The number of halogens is 1. The van der Waals surface area contributed by atoms with E-state index in [2.05, 4.69) is 10.6 Å². The zero-order valence-electron chi connectivity index (χ0n) is 15.5. The number of aromatic nitrogens is 2. The Balaban J connectivity index is 0.00000225. The van der Waals surface area contributed by atoms with Gasteiger partial charge in [0.15, 0.2) is 0 Å². The molecule has 2 atom stereocenters. The van der Waals surface area contributed by atoms with Crippen LogP contribution in [0.15, 0.2) is 52.2 Å². The van der Waals surface area contributed by atoms with Crippen LogP contribution in [0.2, 0.25) is 0 Å². The number of amides is 1. The van der Waals surface area contributed by atoms with Crippen molar-refractivity contribution in [2.45, 2.75) is 56.9 Å². The average Bonchev–Trinajstić information content (AvgIpc) is 3.00. The number of carbonyl (C=O) groups excluding carboxylic acids is 1. The summed E-state index contributed by atoms with van der Waals surface area (Å²) < 4.78 is 2.46. The first-order valence-electron chi connectivity index (χ1n) is 9.48. The molecule has 2 aromatic rings. The van der Waals surface area contributed by atoms with E-state index in [1.54, 1.807) is 0 Å². The molecule has 1 amide bonds. The molecule has 8 heteroatoms. The van der Waals surface area contributed by atoms with Crippen LogP contribution in [0.1, 0.15) is 31.2 Å². The van der Waals surface area contributed by atoms with Gasteiger partial charge in [-0.3, -0.25) is 18.7 Å². The first-order chi connectivity index (χ1) is 13.1. The number of piperidine rings is 1. The molecule has 0 saturated carbocycles. The highest BCUT2D eigenvalue weighted by Gasteiger charge is 2.34. The lowest BCUT2D eigenvalue weighted by molar-refractivity contribution is -0.122. The van der Waals surface area contributed by atoms with Crippen molar-refractivity contribution < 1.29 is 4.79 Å². The lowest BCUT2D eigenvalue weighted by atomic mass is 10.00. The molecule has 1 aromatic carbocycles.